The Morgan fingerprint density at radius 1 is 1.45 bits per heavy atom. The molecule has 0 aliphatic carbocycles. The molecule has 0 saturated heterocycles. The maximum atomic E-state index is 5.32. The summed E-state index contributed by atoms with van der Waals surface area (Å²) in [5, 5.41) is 0. The molecule has 1 rings (SSSR count). The number of rotatable bonds is 0. The van der Waals surface area contributed by atoms with E-state index in [-0.39, 0.29) is 5.95 Å². The molecule has 0 aliphatic rings. The maximum Gasteiger partial charge on any atom is 0.200 e. The van der Waals surface area contributed by atoms with Crippen molar-refractivity contribution in [1.29, 1.82) is 0 Å². The van der Waals surface area contributed by atoms with E-state index in [9.17, 15) is 0 Å². The Morgan fingerprint density at radius 2 is 2.00 bits per heavy atom. The van der Waals surface area contributed by atoms with Crippen LogP contribution < -0.4 is 11.5 Å². The number of hydrogen-bond donors (Lipinski definition) is 3. The molecule has 1 heterocycles. The van der Waals surface area contributed by atoms with Gasteiger partial charge in [-0.3, -0.25) is 0 Å². The Morgan fingerprint density at radius 3 is 2.36 bits per heavy atom. The summed E-state index contributed by atoms with van der Waals surface area (Å²) in [6, 6.07) is 1.53. The van der Waals surface area contributed by atoms with Crippen molar-refractivity contribution in [3.8, 4) is 0 Å². The zero-order valence-corrected chi connectivity index (χ0v) is 7.40. The largest absolute Gasteiger partial charge is 0.385 e. The molecule has 0 aromatic carbocycles. The average Bonchev–Trinajstić information content (AvgIpc) is 1.88. The smallest absolute Gasteiger partial charge is 0.200 e. The second-order valence-corrected chi connectivity index (χ2v) is 1.98. The highest BCUT2D eigenvalue weighted by Gasteiger charge is 1.86. The summed E-state index contributed by atoms with van der Waals surface area (Å²) in [5.74, 6) is 0.688. The van der Waals surface area contributed by atoms with E-state index in [0.29, 0.717) is 10.5 Å². The molecule has 0 atom stereocenters. The fraction of sp³-hybridized carbons (Fsp3) is 0.333. The highest BCUT2D eigenvalue weighted by atomic mass is 32.1. The van der Waals surface area contributed by atoms with Crippen molar-refractivity contribution in [2.45, 2.75) is 13.8 Å². The van der Waals surface area contributed by atoms with Crippen LogP contribution in [0.15, 0.2) is 6.07 Å². The van der Waals surface area contributed by atoms with Crippen LogP contribution in [-0.4, -0.2) is 9.97 Å². The first-order chi connectivity index (χ1) is 5.18. The van der Waals surface area contributed by atoms with Gasteiger partial charge in [0.1, 0.15) is 10.5 Å². The molecule has 0 fully saturated rings. The third-order valence-corrected chi connectivity index (χ3v) is 0.991. The van der Waals surface area contributed by atoms with Gasteiger partial charge in [-0.25, -0.2) is 4.98 Å². The van der Waals surface area contributed by atoms with E-state index in [4.69, 9.17) is 23.7 Å². The predicted molar refractivity (Wildman–Crippen MR) is 49.6 cm³/mol. The second-order valence-electron chi connectivity index (χ2n) is 1.56. The van der Waals surface area contributed by atoms with Crippen LogP contribution in [0.25, 0.3) is 0 Å². The molecular weight excluding hydrogens is 160 g/mol. The van der Waals surface area contributed by atoms with Gasteiger partial charge >= 0.3 is 0 Å². The molecule has 0 radical (unpaired) electrons. The van der Waals surface area contributed by atoms with E-state index in [1.807, 2.05) is 13.8 Å². The summed E-state index contributed by atoms with van der Waals surface area (Å²) in [7, 11) is 0. The van der Waals surface area contributed by atoms with Gasteiger partial charge in [0.05, 0.1) is 0 Å². The van der Waals surface area contributed by atoms with Crippen LogP contribution in [-0.2, 0) is 0 Å². The van der Waals surface area contributed by atoms with Gasteiger partial charge in [0.2, 0.25) is 0 Å². The van der Waals surface area contributed by atoms with Gasteiger partial charge in [-0.15, -0.1) is 0 Å². The van der Waals surface area contributed by atoms with Gasteiger partial charge in [0.15, 0.2) is 5.95 Å². The summed E-state index contributed by atoms with van der Waals surface area (Å²) >= 11 is 4.70. The standard InChI is InChI=1S/C4H6N4S.C2H6/c5-2-1-3(9)8-4(6)7-2;1-2/h1H,(H5,5,6,7,8,9);1-2H3. The quantitative estimate of drug-likeness (QED) is 0.516. The molecule has 11 heavy (non-hydrogen) atoms. The lowest BCUT2D eigenvalue weighted by Crippen LogP contribution is -1.98. The van der Waals surface area contributed by atoms with Crippen LogP contribution in [0.5, 0.6) is 0 Å². The molecular formula is C6H12N4S. The molecule has 1 aromatic heterocycles. The molecule has 0 bridgehead atoms. The molecule has 5 heteroatoms. The number of H-pyrrole nitrogens is 1. The van der Waals surface area contributed by atoms with Crippen LogP contribution in [0.2, 0.25) is 0 Å². The summed E-state index contributed by atoms with van der Waals surface area (Å²) in [6.07, 6.45) is 0. The fourth-order valence-corrected chi connectivity index (χ4v) is 0.721. The number of nitrogen functional groups attached to an aromatic ring is 2. The minimum Gasteiger partial charge on any atom is -0.385 e. The summed E-state index contributed by atoms with van der Waals surface area (Å²) in [5.41, 5.74) is 10.6. The Hall–Kier alpha value is -1.10. The SMILES string of the molecule is CC.Nc1cc(=S)nc(N)[nH]1. The zero-order chi connectivity index (χ0) is 8.85. The van der Waals surface area contributed by atoms with Crippen molar-refractivity contribution in [2.24, 2.45) is 0 Å². The summed E-state index contributed by atoms with van der Waals surface area (Å²) < 4.78 is 0.406. The monoisotopic (exact) mass is 172 g/mol. The van der Waals surface area contributed by atoms with Crippen LogP contribution in [0.3, 0.4) is 0 Å². The number of aromatic amines is 1. The Balaban J connectivity index is 0.000000461. The number of anilines is 2. The van der Waals surface area contributed by atoms with Gasteiger partial charge < -0.3 is 16.5 Å². The fourth-order valence-electron chi connectivity index (χ4n) is 0.496. The molecule has 0 spiro atoms. The lowest BCUT2D eigenvalue weighted by atomic mass is 10.6. The molecule has 0 unspecified atom stereocenters. The van der Waals surface area contributed by atoms with Crippen LogP contribution in [0, 0.1) is 4.64 Å². The predicted octanol–water partition coefficient (Wildman–Crippen LogP) is 1.33. The second kappa shape index (κ2) is 4.68. The van der Waals surface area contributed by atoms with Crippen molar-refractivity contribution >= 4 is 24.0 Å². The first-order valence-electron chi connectivity index (χ1n) is 3.31. The van der Waals surface area contributed by atoms with Crippen LogP contribution in [0.1, 0.15) is 13.8 Å². The Kier molecular flexibility index (Phi) is 4.21. The number of hydrogen-bond acceptors (Lipinski definition) is 4. The van der Waals surface area contributed by atoms with Crippen molar-refractivity contribution in [2.75, 3.05) is 11.5 Å². The molecule has 1 aromatic rings. The van der Waals surface area contributed by atoms with Crippen molar-refractivity contribution in [3.63, 3.8) is 0 Å². The highest BCUT2D eigenvalue weighted by Crippen LogP contribution is 1.97. The van der Waals surface area contributed by atoms with Gasteiger partial charge in [-0.05, 0) is 0 Å². The lowest BCUT2D eigenvalue weighted by molar-refractivity contribution is 1.18. The number of nitrogens with zero attached hydrogens (tertiary/aromatic N) is 1. The summed E-state index contributed by atoms with van der Waals surface area (Å²) in [4.78, 5) is 6.28. The number of nitrogens with one attached hydrogen (secondary N) is 1. The van der Waals surface area contributed by atoms with Gasteiger partial charge in [-0.2, -0.15) is 0 Å². The van der Waals surface area contributed by atoms with Crippen LogP contribution in [0.4, 0.5) is 11.8 Å². The molecule has 4 nitrogen and oxygen atoms in total. The third kappa shape index (κ3) is 3.57. The molecule has 0 amide bonds. The van der Waals surface area contributed by atoms with Crippen molar-refractivity contribution in [3.05, 3.63) is 10.7 Å². The Labute approximate surface area is 70.6 Å². The van der Waals surface area contributed by atoms with Gasteiger partial charge in [0.25, 0.3) is 0 Å². The van der Waals surface area contributed by atoms with E-state index in [2.05, 4.69) is 9.97 Å². The van der Waals surface area contributed by atoms with Gasteiger partial charge in [-0.1, -0.05) is 26.1 Å². The summed E-state index contributed by atoms with van der Waals surface area (Å²) in [6.45, 7) is 4.00. The normalized spacial score (nSPS) is 8.18. The van der Waals surface area contributed by atoms with E-state index >= 15 is 0 Å². The zero-order valence-electron chi connectivity index (χ0n) is 6.59. The van der Waals surface area contributed by atoms with E-state index in [1.54, 1.807) is 0 Å². The first-order valence-corrected chi connectivity index (χ1v) is 3.71. The molecule has 5 N–H and O–H groups in total. The topological polar surface area (TPSA) is 80.7 Å². The van der Waals surface area contributed by atoms with Crippen molar-refractivity contribution in [1.82, 2.24) is 9.97 Å². The van der Waals surface area contributed by atoms with E-state index < -0.39 is 0 Å². The van der Waals surface area contributed by atoms with E-state index in [1.165, 1.54) is 6.07 Å². The molecule has 0 aliphatic heterocycles. The minimum absolute atomic E-state index is 0.250. The highest BCUT2D eigenvalue weighted by molar-refractivity contribution is 7.71. The third-order valence-electron chi connectivity index (χ3n) is 0.782. The number of aromatic nitrogens is 2. The maximum absolute atomic E-state index is 5.32. The van der Waals surface area contributed by atoms with Crippen LogP contribution >= 0.6 is 12.2 Å². The van der Waals surface area contributed by atoms with Gasteiger partial charge in [0, 0.05) is 6.07 Å². The lowest BCUT2D eigenvalue weighted by Gasteiger charge is -1.93. The molecule has 0 saturated carbocycles. The Bertz CT molecular complexity index is 244. The average molecular weight is 172 g/mol. The van der Waals surface area contributed by atoms with Crippen molar-refractivity contribution < 1.29 is 0 Å². The van der Waals surface area contributed by atoms with E-state index in [0.717, 1.165) is 0 Å². The molecule has 62 valence electrons. The minimum atomic E-state index is 0.250. The first kappa shape index (κ1) is 9.90. The number of nitrogens with two attached hydrogens (primary N) is 2.